The van der Waals surface area contributed by atoms with Crippen LogP contribution in [-0.4, -0.2) is 117 Å². The molecule has 1 aromatic rings. The molecule has 2 aliphatic heterocycles. The first-order valence-corrected chi connectivity index (χ1v) is 20.2. The highest BCUT2D eigenvalue weighted by Crippen LogP contribution is 2.31. The van der Waals surface area contributed by atoms with E-state index in [0.29, 0.717) is 51.0 Å². The molecule has 2 saturated heterocycles. The van der Waals surface area contributed by atoms with E-state index in [1.54, 1.807) is 0 Å². The molecule has 3 aliphatic rings. The summed E-state index contributed by atoms with van der Waals surface area (Å²) >= 11 is 0. The minimum absolute atomic E-state index is 0.00238. The lowest BCUT2D eigenvalue weighted by Crippen LogP contribution is -2.60. The topological polar surface area (TPSA) is 220 Å². The number of rotatable bonds is 18. The van der Waals surface area contributed by atoms with E-state index in [2.05, 4.69) is 33.3 Å². The lowest BCUT2D eigenvalue weighted by atomic mass is 9.79. The van der Waals surface area contributed by atoms with Crippen LogP contribution in [0.15, 0.2) is 16.9 Å². The summed E-state index contributed by atoms with van der Waals surface area (Å²) in [6.45, 7) is 7.76. The van der Waals surface area contributed by atoms with Gasteiger partial charge in [0.2, 0.25) is 35.4 Å². The minimum atomic E-state index is -1.20. The third kappa shape index (κ3) is 12.1. The van der Waals surface area contributed by atoms with Crippen LogP contribution in [0.3, 0.4) is 0 Å². The summed E-state index contributed by atoms with van der Waals surface area (Å²) in [5.74, 6) is -2.66. The van der Waals surface area contributed by atoms with Crippen LogP contribution in [0.4, 0.5) is 0 Å². The normalized spacial score (nSPS) is 21.8. The Morgan fingerprint density at radius 3 is 2.13 bits per heavy atom. The number of piperidine rings is 1. The number of aromatic nitrogens is 1. The summed E-state index contributed by atoms with van der Waals surface area (Å²) in [7, 11) is 0. The fraction of sp³-hybridized carbons (Fsp3) is 0.744. The lowest BCUT2D eigenvalue weighted by molar-refractivity contribution is -0.147. The van der Waals surface area contributed by atoms with Gasteiger partial charge in [0.1, 0.15) is 42.2 Å². The zero-order valence-corrected chi connectivity index (χ0v) is 32.8. The highest BCUT2D eigenvalue weighted by molar-refractivity contribution is 5.97. The van der Waals surface area contributed by atoms with Gasteiger partial charge in [-0.25, -0.2) is 0 Å². The lowest BCUT2D eigenvalue weighted by Gasteiger charge is -2.38. The van der Waals surface area contributed by atoms with Crippen LogP contribution >= 0.6 is 0 Å². The van der Waals surface area contributed by atoms with E-state index in [-0.39, 0.29) is 55.7 Å². The molecule has 16 heteroatoms. The molecule has 55 heavy (non-hydrogen) atoms. The number of nitrogens with zero attached hydrogens (tertiary/aromatic N) is 3. The standard InChI is InChI=1S/C39H61N7O9/c1-5-19-40-37(52)34(26(4)47)43-36(51)31-15-11-21-45(31)38(53)25(3)41-35(50)30-14-9-10-20-46(30)39(54)29(16-17-32(48)28-18-22-55-44-28)42-33(49)23-24(2)27-12-7-6-8-13-27/h18,22,24-27,29-31,34,47H,5-17,19-21,23H2,1-4H3,(H,40,52)(H,41,50)(H,42,49)(H,43,51)/t24-,25-,26+,29-,30-,31-,34-/m0/s1. The molecule has 5 N–H and O–H groups in total. The smallest absolute Gasteiger partial charge is 0.245 e. The van der Waals surface area contributed by atoms with E-state index in [4.69, 9.17) is 4.52 Å². The zero-order valence-electron chi connectivity index (χ0n) is 32.8. The highest BCUT2D eigenvalue weighted by atomic mass is 16.5. The van der Waals surface area contributed by atoms with Gasteiger partial charge in [0.15, 0.2) is 5.78 Å². The van der Waals surface area contributed by atoms with Crippen molar-refractivity contribution in [3.63, 3.8) is 0 Å². The maximum absolute atomic E-state index is 14.2. The summed E-state index contributed by atoms with van der Waals surface area (Å²) in [6, 6.07) is -3.69. The first-order valence-electron chi connectivity index (χ1n) is 20.2. The van der Waals surface area contributed by atoms with E-state index in [9.17, 15) is 38.7 Å². The molecule has 0 aromatic carbocycles. The number of hydrogen-bond acceptors (Lipinski definition) is 10. The number of aliphatic hydroxyl groups excluding tert-OH is 1. The number of Topliss-reactive ketones (excluding diaryl/α,β-unsaturated/α-hetero) is 1. The third-order valence-corrected chi connectivity index (χ3v) is 11.2. The van der Waals surface area contributed by atoms with Gasteiger partial charge in [0, 0.05) is 38.5 Å². The number of carbonyl (C=O) groups is 7. The Bertz CT molecular complexity index is 1480. The van der Waals surface area contributed by atoms with Crippen molar-refractivity contribution in [1.82, 2.24) is 36.2 Å². The van der Waals surface area contributed by atoms with Gasteiger partial charge in [-0.15, -0.1) is 0 Å². The van der Waals surface area contributed by atoms with Gasteiger partial charge in [0.05, 0.1) is 6.10 Å². The molecule has 0 unspecified atom stereocenters. The molecule has 1 saturated carbocycles. The Morgan fingerprint density at radius 1 is 0.836 bits per heavy atom. The molecule has 0 radical (unpaired) electrons. The summed E-state index contributed by atoms with van der Waals surface area (Å²) < 4.78 is 4.80. The quantitative estimate of drug-likeness (QED) is 0.137. The minimum Gasteiger partial charge on any atom is -0.391 e. The monoisotopic (exact) mass is 771 g/mol. The van der Waals surface area contributed by atoms with Crippen LogP contribution in [0, 0.1) is 11.8 Å². The number of ketones is 1. The van der Waals surface area contributed by atoms with Gasteiger partial charge in [-0.3, -0.25) is 33.6 Å². The Labute approximate surface area is 323 Å². The van der Waals surface area contributed by atoms with E-state index in [1.807, 2.05) is 6.92 Å². The van der Waals surface area contributed by atoms with Crippen LogP contribution < -0.4 is 21.3 Å². The van der Waals surface area contributed by atoms with Crippen molar-refractivity contribution in [1.29, 1.82) is 0 Å². The second-order valence-electron chi connectivity index (χ2n) is 15.5. The number of likely N-dealkylation sites (tertiary alicyclic amines) is 2. The van der Waals surface area contributed by atoms with Crippen molar-refractivity contribution >= 4 is 41.2 Å². The molecule has 7 atom stereocenters. The second kappa shape index (κ2) is 21.1. The fourth-order valence-corrected chi connectivity index (χ4v) is 8.04. The molecule has 3 fully saturated rings. The van der Waals surface area contributed by atoms with Crippen molar-refractivity contribution in [3.8, 4) is 0 Å². The summed E-state index contributed by atoms with van der Waals surface area (Å²) in [5.41, 5.74) is 0.121. The van der Waals surface area contributed by atoms with Gasteiger partial charge in [-0.1, -0.05) is 51.1 Å². The number of amides is 6. The van der Waals surface area contributed by atoms with Gasteiger partial charge >= 0.3 is 0 Å². The number of hydrogen-bond donors (Lipinski definition) is 5. The molecular formula is C39H61N7O9. The van der Waals surface area contributed by atoms with Crippen molar-refractivity contribution < 1.29 is 43.2 Å². The number of nitrogens with one attached hydrogen (secondary N) is 4. The molecule has 6 amide bonds. The molecule has 306 valence electrons. The molecule has 4 rings (SSSR count). The van der Waals surface area contributed by atoms with Gasteiger partial charge in [-0.05, 0) is 70.6 Å². The van der Waals surface area contributed by atoms with E-state index in [1.165, 1.54) is 42.4 Å². The molecule has 1 aromatic heterocycles. The molecular weight excluding hydrogens is 710 g/mol. The Balaban J connectivity index is 1.42. The molecule has 0 spiro atoms. The average molecular weight is 772 g/mol. The highest BCUT2D eigenvalue weighted by Gasteiger charge is 2.41. The Hall–Kier alpha value is -4.34. The Morgan fingerprint density at radius 2 is 1.47 bits per heavy atom. The van der Waals surface area contributed by atoms with Crippen molar-refractivity contribution in [2.45, 2.75) is 154 Å². The van der Waals surface area contributed by atoms with Gasteiger partial charge in [0.25, 0.3) is 0 Å². The zero-order chi connectivity index (χ0) is 40.1. The number of carbonyl (C=O) groups excluding carboxylic acids is 7. The predicted molar refractivity (Wildman–Crippen MR) is 201 cm³/mol. The average Bonchev–Trinajstić information content (AvgIpc) is 3.91. The van der Waals surface area contributed by atoms with Crippen molar-refractivity contribution in [2.75, 3.05) is 19.6 Å². The van der Waals surface area contributed by atoms with E-state index >= 15 is 0 Å². The first kappa shape index (κ1) is 43.4. The molecule has 16 nitrogen and oxygen atoms in total. The van der Waals surface area contributed by atoms with Crippen LogP contribution in [-0.2, 0) is 28.8 Å². The first-order chi connectivity index (χ1) is 26.3. The van der Waals surface area contributed by atoms with Crippen molar-refractivity contribution in [3.05, 3.63) is 18.0 Å². The fourth-order valence-electron chi connectivity index (χ4n) is 8.04. The predicted octanol–water partition coefficient (Wildman–Crippen LogP) is 2.00. The maximum atomic E-state index is 14.2. The van der Waals surface area contributed by atoms with E-state index in [0.717, 1.165) is 25.7 Å². The second-order valence-corrected chi connectivity index (χ2v) is 15.5. The largest absolute Gasteiger partial charge is 0.391 e. The van der Waals surface area contributed by atoms with Gasteiger partial charge < -0.3 is 40.7 Å². The van der Waals surface area contributed by atoms with Gasteiger partial charge in [-0.2, -0.15) is 0 Å². The maximum Gasteiger partial charge on any atom is 0.245 e. The molecule has 3 heterocycles. The SMILES string of the molecule is CCCNC(=O)[C@@H](NC(=O)[C@@H]1CCCN1C(=O)[C@H](C)NC(=O)[C@@H]1CCCCN1C(=O)[C@H](CCC(=O)c1ccon1)NC(=O)C[C@H](C)C1CCCCC1)[C@@H](C)O. The third-order valence-electron chi connectivity index (χ3n) is 11.2. The summed E-state index contributed by atoms with van der Waals surface area (Å²) in [5, 5.41) is 24.8. The molecule has 0 bridgehead atoms. The summed E-state index contributed by atoms with van der Waals surface area (Å²) in [4.78, 5) is 96.7. The summed E-state index contributed by atoms with van der Waals surface area (Å²) in [6.07, 6.45) is 9.10. The van der Waals surface area contributed by atoms with Crippen LogP contribution in [0.1, 0.15) is 128 Å². The Kier molecular flexibility index (Phi) is 16.6. The van der Waals surface area contributed by atoms with Crippen LogP contribution in [0.25, 0.3) is 0 Å². The number of aliphatic hydroxyl groups is 1. The van der Waals surface area contributed by atoms with Crippen molar-refractivity contribution in [2.24, 2.45) is 11.8 Å². The van der Waals surface area contributed by atoms with Crippen LogP contribution in [0.5, 0.6) is 0 Å². The van der Waals surface area contributed by atoms with E-state index < -0.39 is 65.8 Å². The molecule has 1 aliphatic carbocycles. The van der Waals surface area contributed by atoms with Crippen LogP contribution in [0.2, 0.25) is 0 Å².